The maximum absolute atomic E-state index is 10.3. The molecule has 0 saturated carbocycles. The lowest BCUT2D eigenvalue weighted by atomic mass is 10.2. The number of likely N-dealkylation sites (N-methyl/N-ethyl adjacent to an activating group) is 1. The summed E-state index contributed by atoms with van der Waals surface area (Å²) in [4.78, 5) is 2.09. The molecule has 0 fully saturated rings. The SMILES string of the molecule is CCc1cc(CNCc2ccc(OC[C@H](O)CN(C)Cc3ccccc3)cc2)on1. The second-order valence-corrected chi connectivity index (χ2v) is 7.53. The first-order valence-corrected chi connectivity index (χ1v) is 10.4. The average Bonchev–Trinajstić information content (AvgIpc) is 3.22. The Hall–Kier alpha value is -2.67. The molecule has 6 nitrogen and oxygen atoms in total. The highest BCUT2D eigenvalue weighted by molar-refractivity contribution is 5.27. The summed E-state index contributed by atoms with van der Waals surface area (Å²) < 4.78 is 11.0. The molecule has 0 bridgehead atoms. The van der Waals surface area contributed by atoms with E-state index >= 15 is 0 Å². The van der Waals surface area contributed by atoms with Crippen molar-refractivity contribution in [1.82, 2.24) is 15.4 Å². The quantitative estimate of drug-likeness (QED) is 0.478. The van der Waals surface area contributed by atoms with Crippen LogP contribution in [0, 0.1) is 0 Å². The van der Waals surface area contributed by atoms with E-state index in [0.717, 1.165) is 42.3 Å². The van der Waals surface area contributed by atoms with Gasteiger partial charge in [0.2, 0.25) is 0 Å². The normalized spacial score (nSPS) is 12.3. The lowest BCUT2D eigenvalue weighted by Crippen LogP contribution is -2.32. The second kappa shape index (κ2) is 11.5. The first-order valence-electron chi connectivity index (χ1n) is 10.4. The minimum atomic E-state index is -0.546. The Balaban J connectivity index is 1.35. The van der Waals surface area contributed by atoms with Crippen molar-refractivity contribution in [3.05, 3.63) is 83.2 Å². The van der Waals surface area contributed by atoms with Crippen LogP contribution < -0.4 is 10.1 Å². The van der Waals surface area contributed by atoms with Crippen molar-refractivity contribution in [1.29, 1.82) is 0 Å². The lowest BCUT2D eigenvalue weighted by molar-refractivity contribution is 0.0744. The van der Waals surface area contributed by atoms with E-state index in [0.29, 0.717) is 13.1 Å². The Morgan fingerprint density at radius 3 is 2.53 bits per heavy atom. The van der Waals surface area contributed by atoms with Crippen molar-refractivity contribution in [2.45, 2.75) is 39.1 Å². The van der Waals surface area contributed by atoms with Gasteiger partial charge in [0.1, 0.15) is 18.5 Å². The standard InChI is InChI=1S/C24H31N3O3/c1-3-21-13-24(30-26-21)15-25-14-19-9-11-23(12-10-19)29-18-22(28)17-27(2)16-20-7-5-4-6-8-20/h4-13,22,25,28H,3,14-18H2,1-2H3/t22-/m1/s1. The summed E-state index contributed by atoms with van der Waals surface area (Å²) in [6.07, 6.45) is 0.332. The van der Waals surface area contributed by atoms with E-state index in [4.69, 9.17) is 9.26 Å². The maximum Gasteiger partial charge on any atom is 0.150 e. The largest absolute Gasteiger partial charge is 0.491 e. The fourth-order valence-electron chi connectivity index (χ4n) is 3.20. The van der Waals surface area contributed by atoms with Gasteiger partial charge in [0, 0.05) is 25.7 Å². The van der Waals surface area contributed by atoms with E-state index in [1.807, 2.05) is 55.6 Å². The van der Waals surface area contributed by atoms with Crippen LogP contribution in [0.25, 0.3) is 0 Å². The number of nitrogens with zero attached hydrogens (tertiary/aromatic N) is 2. The molecule has 1 heterocycles. The number of nitrogens with one attached hydrogen (secondary N) is 1. The second-order valence-electron chi connectivity index (χ2n) is 7.53. The van der Waals surface area contributed by atoms with Crippen LogP contribution in [0.1, 0.15) is 29.5 Å². The Morgan fingerprint density at radius 1 is 1.07 bits per heavy atom. The molecule has 2 aromatic carbocycles. The molecule has 160 valence electrons. The molecule has 0 spiro atoms. The number of hydrogen-bond donors (Lipinski definition) is 2. The number of aliphatic hydroxyl groups is 1. The summed E-state index contributed by atoms with van der Waals surface area (Å²) in [6.45, 7) is 5.05. The van der Waals surface area contributed by atoms with Crippen LogP contribution in [-0.4, -0.2) is 41.5 Å². The molecule has 0 amide bonds. The van der Waals surface area contributed by atoms with Gasteiger partial charge in [-0.3, -0.25) is 4.90 Å². The van der Waals surface area contributed by atoms with E-state index in [1.54, 1.807) is 0 Å². The van der Waals surface area contributed by atoms with Crippen molar-refractivity contribution in [3.63, 3.8) is 0 Å². The van der Waals surface area contributed by atoms with Crippen LogP contribution in [-0.2, 0) is 26.1 Å². The van der Waals surface area contributed by atoms with Crippen molar-refractivity contribution in [2.75, 3.05) is 20.2 Å². The number of hydrogen-bond acceptors (Lipinski definition) is 6. The summed E-state index contributed by atoms with van der Waals surface area (Å²) in [6, 6.07) is 20.1. The Morgan fingerprint density at radius 2 is 1.83 bits per heavy atom. The predicted octanol–water partition coefficient (Wildman–Crippen LogP) is 3.40. The first kappa shape index (κ1) is 22.0. The maximum atomic E-state index is 10.3. The van der Waals surface area contributed by atoms with Gasteiger partial charge in [-0.2, -0.15) is 0 Å². The van der Waals surface area contributed by atoms with Gasteiger partial charge in [-0.15, -0.1) is 0 Å². The van der Waals surface area contributed by atoms with Crippen molar-refractivity contribution in [2.24, 2.45) is 0 Å². The van der Waals surface area contributed by atoms with Crippen LogP contribution in [0.4, 0.5) is 0 Å². The van der Waals surface area contributed by atoms with Gasteiger partial charge in [-0.1, -0.05) is 54.5 Å². The van der Waals surface area contributed by atoms with Gasteiger partial charge in [0.15, 0.2) is 5.76 Å². The molecule has 1 aromatic heterocycles. The minimum absolute atomic E-state index is 0.266. The third kappa shape index (κ3) is 7.30. The third-order valence-electron chi connectivity index (χ3n) is 4.78. The number of aryl methyl sites for hydroxylation is 1. The molecule has 0 aliphatic heterocycles. The topological polar surface area (TPSA) is 70.8 Å². The minimum Gasteiger partial charge on any atom is -0.491 e. The molecule has 6 heteroatoms. The van der Waals surface area contributed by atoms with Crippen LogP contribution in [0.2, 0.25) is 0 Å². The van der Waals surface area contributed by atoms with Gasteiger partial charge < -0.3 is 19.7 Å². The van der Waals surface area contributed by atoms with E-state index < -0.39 is 6.10 Å². The van der Waals surface area contributed by atoms with Crippen LogP contribution in [0.3, 0.4) is 0 Å². The van der Waals surface area contributed by atoms with Gasteiger partial charge >= 0.3 is 0 Å². The fraction of sp³-hybridized carbons (Fsp3) is 0.375. The predicted molar refractivity (Wildman–Crippen MR) is 117 cm³/mol. The number of aliphatic hydroxyl groups excluding tert-OH is 1. The molecule has 0 aliphatic carbocycles. The molecular weight excluding hydrogens is 378 g/mol. The average molecular weight is 410 g/mol. The number of rotatable bonds is 12. The molecule has 3 aromatic rings. The Kier molecular flexibility index (Phi) is 8.44. The van der Waals surface area contributed by atoms with Gasteiger partial charge in [-0.05, 0) is 36.7 Å². The van der Waals surface area contributed by atoms with Gasteiger partial charge in [0.05, 0.1) is 12.2 Å². The Labute approximate surface area is 178 Å². The zero-order valence-corrected chi connectivity index (χ0v) is 17.8. The molecule has 0 unspecified atom stereocenters. The summed E-state index contributed by atoms with van der Waals surface area (Å²) in [5, 5.41) is 17.6. The van der Waals surface area contributed by atoms with E-state index in [2.05, 4.69) is 34.4 Å². The van der Waals surface area contributed by atoms with E-state index in [-0.39, 0.29) is 6.61 Å². The molecule has 0 aliphatic rings. The fourth-order valence-corrected chi connectivity index (χ4v) is 3.20. The molecule has 2 N–H and O–H groups in total. The first-order chi connectivity index (χ1) is 14.6. The highest BCUT2D eigenvalue weighted by Gasteiger charge is 2.10. The zero-order chi connectivity index (χ0) is 21.2. The van der Waals surface area contributed by atoms with Crippen LogP contribution >= 0.6 is 0 Å². The van der Waals surface area contributed by atoms with Crippen LogP contribution in [0.15, 0.2) is 65.2 Å². The number of aromatic nitrogens is 1. The lowest BCUT2D eigenvalue weighted by Gasteiger charge is -2.21. The molecule has 30 heavy (non-hydrogen) atoms. The van der Waals surface area contributed by atoms with E-state index in [1.165, 1.54) is 5.56 Å². The number of benzene rings is 2. The highest BCUT2D eigenvalue weighted by Crippen LogP contribution is 2.13. The number of ether oxygens (including phenoxy) is 1. The van der Waals surface area contributed by atoms with Crippen molar-refractivity contribution < 1.29 is 14.4 Å². The van der Waals surface area contributed by atoms with Gasteiger partial charge in [-0.25, -0.2) is 0 Å². The van der Waals surface area contributed by atoms with Crippen LogP contribution in [0.5, 0.6) is 5.75 Å². The molecular formula is C24H31N3O3. The Bertz CT molecular complexity index is 865. The molecule has 1 atom stereocenters. The molecule has 0 saturated heterocycles. The van der Waals surface area contributed by atoms with Gasteiger partial charge in [0.25, 0.3) is 0 Å². The molecule has 0 radical (unpaired) electrons. The van der Waals surface area contributed by atoms with Crippen molar-refractivity contribution >= 4 is 0 Å². The monoisotopic (exact) mass is 409 g/mol. The molecule has 3 rings (SSSR count). The summed E-state index contributed by atoms with van der Waals surface area (Å²) in [5.41, 5.74) is 3.36. The summed E-state index contributed by atoms with van der Waals surface area (Å²) in [5.74, 6) is 1.60. The zero-order valence-electron chi connectivity index (χ0n) is 17.8. The van der Waals surface area contributed by atoms with E-state index in [9.17, 15) is 5.11 Å². The summed E-state index contributed by atoms with van der Waals surface area (Å²) >= 11 is 0. The highest BCUT2D eigenvalue weighted by atomic mass is 16.5. The van der Waals surface area contributed by atoms with Crippen molar-refractivity contribution in [3.8, 4) is 5.75 Å². The smallest absolute Gasteiger partial charge is 0.150 e. The summed E-state index contributed by atoms with van der Waals surface area (Å²) in [7, 11) is 2.00. The third-order valence-corrected chi connectivity index (χ3v) is 4.78.